The minimum absolute atomic E-state index is 0. The van der Waals surface area contributed by atoms with Crippen LogP contribution in [0.2, 0.25) is 0 Å². The number of hydrogen-bond acceptors (Lipinski definition) is 4. The smallest absolute Gasteiger partial charge is 0.265 e. The summed E-state index contributed by atoms with van der Waals surface area (Å²) in [4.78, 5) is 18.1. The van der Waals surface area contributed by atoms with Crippen molar-refractivity contribution in [2.24, 2.45) is 4.99 Å². The topological polar surface area (TPSA) is 75.2 Å². The maximum atomic E-state index is 13.2. The Morgan fingerprint density at radius 2 is 2.06 bits per heavy atom. The molecule has 1 unspecified atom stereocenters. The Morgan fingerprint density at radius 1 is 1.26 bits per heavy atom. The Kier molecular flexibility index (Phi) is 9.83. The summed E-state index contributed by atoms with van der Waals surface area (Å²) in [6.07, 6.45) is 0.573. The maximum absolute atomic E-state index is 13.2. The molecule has 0 aliphatic carbocycles. The Labute approximate surface area is 199 Å². The zero-order valence-electron chi connectivity index (χ0n) is 17.6. The van der Waals surface area contributed by atoms with Gasteiger partial charge < -0.3 is 25.0 Å². The number of guanidine groups is 1. The summed E-state index contributed by atoms with van der Waals surface area (Å²) in [7, 11) is 1.69. The number of halogens is 2. The predicted molar refractivity (Wildman–Crippen MR) is 130 cm³/mol. The van der Waals surface area contributed by atoms with Crippen LogP contribution >= 0.6 is 24.0 Å². The lowest BCUT2D eigenvalue weighted by Crippen LogP contribution is -2.43. The molecule has 1 aliphatic heterocycles. The van der Waals surface area contributed by atoms with Crippen LogP contribution in [-0.2, 0) is 4.79 Å². The van der Waals surface area contributed by atoms with Crippen molar-refractivity contribution in [3.63, 3.8) is 0 Å². The highest BCUT2D eigenvalue weighted by molar-refractivity contribution is 14.0. The van der Waals surface area contributed by atoms with Crippen LogP contribution < -0.4 is 25.0 Å². The van der Waals surface area contributed by atoms with Gasteiger partial charge >= 0.3 is 0 Å². The van der Waals surface area contributed by atoms with E-state index in [2.05, 4.69) is 15.6 Å². The minimum atomic E-state index is -0.327. The van der Waals surface area contributed by atoms with Crippen LogP contribution in [0, 0.1) is 5.82 Å². The van der Waals surface area contributed by atoms with Gasteiger partial charge in [-0.25, -0.2) is 4.39 Å². The van der Waals surface area contributed by atoms with Crippen molar-refractivity contribution in [3.05, 3.63) is 54.3 Å². The Bertz CT molecular complexity index is 897. The highest BCUT2D eigenvalue weighted by atomic mass is 127. The van der Waals surface area contributed by atoms with Crippen molar-refractivity contribution in [1.82, 2.24) is 10.6 Å². The first-order valence-corrected chi connectivity index (χ1v) is 9.95. The number of carbonyl (C=O) groups is 1. The van der Waals surface area contributed by atoms with Crippen LogP contribution in [0.25, 0.3) is 0 Å². The van der Waals surface area contributed by atoms with Crippen LogP contribution in [0.3, 0.4) is 0 Å². The Hall–Kier alpha value is -2.56. The summed E-state index contributed by atoms with van der Waals surface area (Å²) < 4.78 is 24.4. The van der Waals surface area contributed by atoms with Crippen LogP contribution in [0.15, 0.2) is 53.5 Å². The van der Waals surface area contributed by atoms with Gasteiger partial charge in [-0.2, -0.15) is 0 Å². The maximum Gasteiger partial charge on any atom is 0.265 e. The number of nitrogens with zero attached hydrogens (tertiary/aromatic N) is 2. The van der Waals surface area contributed by atoms with Crippen molar-refractivity contribution >= 4 is 41.5 Å². The average molecular weight is 542 g/mol. The molecule has 2 aromatic rings. The first-order valence-electron chi connectivity index (χ1n) is 9.95. The molecule has 2 aromatic carbocycles. The van der Waals surface area contributed by atoms with E-state index in [1.54, 1.807) is 24.1 Å². The molecule has 0 saturated heterocycles. The molecule has 9 heteroatoms. The fraction of sp³-hybridized carbons (Fsp3) is 0.364. The second kappa shape index (κ2) is 12.3. The molecule has 7 nitrogen and oxygen atoms in total. The monoisotopic (exact) mass is 542 g/mol. The lowest BCUT2D eigenvalue weighted by Gasteiger charge is -2.29. The van der Waals surface area contributed by atoms with Crippen molar-refractivity contribution in [1.29, 1.82) is 0 Å². The zero-order valence-corrected chi connectivity index (χ0v) is 20.0. The number of anilines is 1. The molecular weight excluding hydrogens is 514 g/mol. The van der Waals surface area contributed by atoms with Crippen molar-refractivity contribution in [2.75, 3.05) is 38.2 Å². The quantitative estimate of drug-likeness (QED) is 0.232. The van der Waals surface area contributed by atoms with E-state index in [1.807, 2.05) is 31.2 Å². The number of amides is 1. The molecule has 1 amide bonds. The van der Waals surface area contributed by atoms with Gasteiger partial charge in [-0.15, -0.1) is 24.0 Å². The van der Waals surface area contributed by atoms with Gasteiger partial charge in [0.25, 0.3) is 5.91 Å². The van der Waals surface area contributed by atoms with Gasteiger partial charge in [0.2, 0.25) is 0 Å². The molecule has 31 heavy (non-hydrogen) atoms. The minimum Gasteiger partial charge on any atom is -0.489 e. The fourth-order valence-corrected chi connectivity index (χ4v) is 3.12. The molecule has 0 bridgehead atoms. The van der Waals surface area contributed by atoms with Crippen molar-refractivity contribution in [2.45, 2.75) is 19.4 Å². The van der Waals surface area contributed by atoms with Crippen molar-refractivity contribution in [3.8, 4) is 11.5 Å². The zero-order chi connectivity index (χ0) is 21.3. The predicted octanol–water partition coefficient (Wildman–Crippen LogP) is 3.19. The van der Waals surface area contributed by atoms with E-state index >= 15 is 0 Å². The number of benzene rings is 2. The molecule has 1 heterocycles. The first kappa shape index (κ1) is 24.7. The normalized spacial score (nSPS) is 14.1. The van der Waals surface area contributed by atoms with E-state index in [-0.39, 0.29) is 48.4 Å². The second-order valence-electron chi connectivity index (χ2n) is 6.92. The molecule has 2 N–H and O–H groups in total. The number of para-hydroxylation sites is 2. The van der Waals surface area contributed by atoms with Gasteiger partial charge in [0.1, 0.15) is 23.4 Å². The number of carbonyl (C=O) groups excluding carboxylic acids is 1. The molecule has 1 atom stereocenters. The molecule has 0 spiro atoms. The molecular formula is C22H28FIN4O3. The third-order valence-electron chi connectivity index (χ3n) is 4.57. The summed E-state index contributed by atoms with van der Waals surface area (Å²) in [6.45, 7) is 3.70. The van der Waals surface area contributed by atoms with Crippen LogP contribution in [0.4, 0.5) is 10.1 Å². The number of rotatable bonds is 8. The van der Waals surface area contributed by atoms with E-state index in [1.165, 1.54) is 12.1 Å². The van der Waals surface area contributed by atoms with E-state index < -0.39 is 0 Å². The Morgan fingerprint density at radius 3 is 2.84 bits per heavy atom. The van der Waals surface area contributed by atoms with Crippen LogP contribution in [-0.4, -0.2) is 51.3 Å². The molecule has 0 radical (unpaired) electrons. The van der Waals surface area contributed by atoms with E-state index in [9.17, 15) is 9.18 Å². The number of nitrogens with one attached hydrogen (secondary N) is 2. The van der Waals surface area contributed by atoms with Gasteiger partial charge in [-0.05, 0) is 37.6 Å². The highest BCUT2D eigenvalue weighted by Gasteiger charge is 2.24. The van der Waals surface area contributed by atoms with Crippen LogP contribution in [0.1, 0.15) is 13.3 Å². The van der Waals surface area contributed by atoms with Gasteiger partial charge in [0.15, 0.2) is 12.6 Å². The van der Waals surface area contributed by atoms with Gasteiger partial charge in [-0.3, -0.25) is 9.79 Å². The molecule has 168 valence electrons. The lowest BCUT2D eigenvalue weighted by molar-refractivity contribution is -0.121. The Balaban J connectivity index is 0.00000341. The fourth-order valence-electron chi connectivity index (χ4n) is 3.12. The number of ether oxygens (including phenoxy) is 2. The summed E-state index contributed by atoms with van der Waals surface area (Å²) in [5, 5.41) is 6.42. The number of hydrogen-bond donors (Lipinski definition) is 2. The SMILES string of the molecule is CN=C(NCCCN1C(=O)COc2ccccc21)NCC(C)Oc1cccc(F)c1.I. The highest BCUT2D eigenvalue weighted by Crippen LogP contribution is 2.31. The summed E-state index contributed by atoms with van der Waals surface area (Å²) in [6, 6.07) is 13.6. The molecule has 1 aliphatic rings. The van der Waals surface area contributed by atoms with Crippen molar-refractivity contribution < 1.29 is 18.7 Å². The molecule has 0 fully saturated rings. The van der Waals surface area contributed by atoms with Gasteiger partial charge in [0.05, 0.1) is 12.2 Å². The van der Waals surface area contributed by atoms with E-state index in [4.69, 9.17) is 9.47 Å². The lowest BCUT2D eigenvalue weighted by atomic mass is 10.2. The summed E-state index contributed by atoms with van der Waals surface area (Å²) >= 11 is 0. The average Bonchev–Trinajstić information content (AvgIpc) is 2.74. The molecule has 0 aromatic heterocycles. The van der Waals surface area contributed by atoms with Gasteiger partial charge in [-0.1, -0.05) is 18.2 Å². The third kappa shape index (κ3) is 7.27. The largest absolute Gasteiger partial charge is 0.489 e. The number of fused-ring (bicyclic) bond motifs is 1. The molecule has 0 saturated carbocycles. The van der Waals surface area contributed by atoms with E-state index in [0.717, 1.165) is 17.9 Å². The molecule has 3 rings (SSSR count). The standard InChI is InChI=1S/C22H27FN4O3.HI/c1-16(30-18-8-5-7-17(23)13-18)14-26-22(24-2)25-11-6-12-27-19-9-3-4-10-20(19)29-15-21(27)28;/h3-5,7-10,13,16H,6,11-12,14-15H2,1-2H3,(H2,24,25,26);1H. The van der Waals surface area contributed by atoms with Crippen LogP contribution in [0.5, 0.6) is 11.5 Å². The summed E-state index contributed by atoms with van der Waals surface area (Å²) in [5.74, 6) is 1.49. The summed E-state index contributed by atoms with van der Waals surface area (Å²) in [5.41, 5.74) is 0.805. The first-order chi connectivity index (χ1) is 14.6. The van der Waals surface area contributed by atoms with E-state index in [0.29, 0.717) is 31.3 Å². The van der Waals surface area contributed by atoms with Gasteiger partial charge in [0, 0.05) is 26.2 Å². The number of aliphatic imine (C=N–C) groups is 1. The third-order valence-corrected chi connectivity index (χ3v) is 4.57. The second-order valence-corrected chi connectivity index (χ2v) is 6.92.